The fraction of sp³-hybridized carbons (Fsp3) is 0.438. The number of hydrogen-bond acceptors (Lipinski definition) is 6. The van der Waals surface area contributed by atoms with Crippen molar-refractivity contribution in [1.29, 1.82) is 0 Å². The van der Waals surface area contributed by atoms with E-state index in [1.807, 2.05) is 6.07 Å². The Balaban J connectivity index is 2.03. The zero-order valence-corrected chi connectivity index (χ0v) is 16.2. The van der Waals surface area contributed by atoms with Crippen LogP contribution in [0.1, 0.15) is 16.8 Å². The molecule has 0 saturated carbocycles. The van der Waals surface area contributed by atoms with Gasteiger partial charge in [0, 0.05) is 31.1 Å². The van der Waals surface area contributed by atoms with Crippen molar-refractivity contribution >= 4 is 21.8 Å². The van der Waals surface area contributed by atoms with Crippen LogP contribution in [0.4, 0.5) is 0 Å². The second kappa shape index (κ2) is 6.89. The molecule has 25 heavy (non-hydrogen) atoms. The molecule has 1 fully saturated rings. The van der Waals surface area contributed by atoms with Crippen LogP contribution in [-0.2, 0) is 17.1 Å². The van der Waals surface area contributed by atoms with Crippen LogP contribution in [0.15, 0.2) is 29.4 Å². The standard InChI is InChI=1S/C16H21N3O4S2/c1-11-17-15(10-18(11)2)25(20,21)19-7-8-24-16(19)13-9-12(22-3)5-6-14(13)23-4/h5-6,9-10,16H,7-8H2,1-4H3. The molecular weight excluding hydrogens is 362 g/mol. The highest BCUT2D eigenvalue weighted by Crippen LogP contribution is 2.45. The van der Waals surface area contributed by atoms with Gasteiger partial charge in [0.05, 0.1) is 19.6 Å². The van der Waals surface area contributed by atoms with E-state index in [4.69, 9.17) is 9.47 Å². The van der Waals surface area contributed by atoms with E-state index in [0.717, 1.165) is 5.56 Å². The lowest BCUT2D eigenvalue weighted by Crippen LogP contribution is -2.31. The van der Waals surface area contributed by atoms with Gasteiger partial charge in [-0.1, -0.05) is 0 Å². The van der Waals surface area contributed by atoms with Crippen molar-refractivity contribution in [1.82, 2.24) is 13.9 Å². The minimum atomic E-state index is -3.70. The second-order valence-electron chi connectivity index (χ2n) is 5.68. The fourth-order valence-corrected chi connectivity index (χ4v) is 6.02. The molecule has 1 unspecified atom stereocenters. The Bertz CT molecular complexity index is 860. The minimum absolute atomic E-state index is 0.0712. The highest BCUT2D eigenvalue weighted by Gasteiger charge is 2.39. The summed E-state index contributed by atoms with van der Waals surface area (Å²) >= 11 is 1.56. The van der Waals surface area contributed by atoms with Gasteiger partial charge in [-0.25, -0.2) is 13.4 Å². The average Bonchev–Trinajstić information content (AvgIpc) is 3.22. The Kier molecular flexibility index (Phi) is 4.99. The molecule has 9 heteroatoms. The molecule has 2 heterocycles. The quantitative estimate of drug-likeness (QED) is 0.788. The maximum absolute atomic E-state index is 13.1. The molecule has 0 amide bonds. The van der Waals surface area contributed by atoms with Gasteiger partial charge in [0.2, 0.25) is 0 Å². The molecule has 0 spiro atoms. The first-order chi connectivity index (χ1) is 11.9. The van der Waals surface area contributed by atoms with Gasteiger partial charge in [-0.3, -0.25) is 0 Å². The molecule has 0 bridgehead atoms. The van der Waals surface area contributed by atoms with Crippen molar-refractivity contribution < 1.29 is 17.9 Å². The van der Waals surface area contributed by atoms with Crippen LogP contribution in [0.2, 0.25) is 0 Å². The SMILES string of the molecule is COc1ccc(OC)c(C2SCCN2S(=O)(=O)c2cn(C)c(C)n2)c1. The van der Waals surface area contributed by atoms with E-state index in [0.29, 0.717) is 29.6 Å². The van der Waals surface area contributed by atoms with Crippen molar-refractivity contribution in [2.45, 2.75) is 17.3 Å². The number of benzene rings is 1. The van der Waals surface area contributed by atoms with Crippen molar-refractivity contribution in [3.63, 3.8) is 0 Å². The highest BCUT2D eigenvalue weighted by atomic mass is 32.2. The summed E-state index contributed by atoms with van der Waals surface area (Å²) in [5.74, 6) is 2.66. The van der Waals surface area contributed by atoms with E-state index in [1.54, 1.807) is 62.8 Å². The molecule has 1 atom stereocenters. The number of ether oxygens (including phenoxy) is 2. The molecule has 136 valence electrons. The van der Waals surface area contributed by atoms with Crippen molar-refractivity contribution in [2.75, 3.05) is 26.5 Å². The zero-order valence-electron chi connectivity index (χ0n) is 14.6. The number of nitrogens with zero attached hydrogens (tertiary/aromatic N) is 3. The first-order valence-corrected chi connectivity index (χ1v) is 10.2. The predicted molar refractivity (Wildman–Crippen MR) is 96.6 cm³/mol. The number of hydrogen-bond donors (Lipinski definition) is 0. The van der Waals surface area contributed by atoms with E-state index in [-0.39, 0.29) is 10.4 Å². The lowest BCUT2D eigenvalue weighted by Gasteiger charge is -2.24. The first-order valence-electron chi connectivity index (χ1n) is 7.74. The number of thioether (sulfide) groups is 1. The average molecular weight is 383 g/mol. The van der Waals surface area contributed by atoms with E-state index < -0.39 is 10.0 Å². The number of aryl methyl sites for hydroxylation is 2. The summed E-state index contributed by atoms with van der Waals surface area (Å²) in [5.41, 5.74) is 0.778. The highest BCUT2D eigenvalue weighted by molar-refractivity contribution is 8.01. The summed E-state index contributed by atoms with van der Waals surface area (Å²) < 4.78 is 40.1. The van der Waals surface area contributed by atoms with Gasteiger partial charge in [0.25, 0.3) is 10.0 Å². The molecule has 0 aliphatic carbocycles. The lowest BCUT2D eigenvalue weighted by atomic mass is 10.2. The lowest BCUT2D eigenvalue weighted by molar-refractivity contribution is 0.382. The molecular formula is C16H21N3O4S2. The summed E-state index contributed by atoms with van der Waals surface area (Å²) in [6, 6.07) is 5.42. The fourth-order valence-electron chi connectivity index (χ4n) is 2.75. The molecule has 1 aliphatic heterocycles. The van der Waals surface area contributed by atoms with Gasteiger partial charge < -0.3 is 14.0 Å². The van der Waals surface area contributed by atoms with Crippen molar-refractivity contribution in [2.24, 2.45) is 7.05 Å². The van der Waals surface area contributed by atoms with E-state index in [2.05, 4.69) is 4.98 Å². The summed E-state index contributed by atoms with van der Waals surface area (Å²) in [7, 11) is 1.24. The van der Waals surface area contributed by atoms with Gasteiger partial charge in [0.1, 0.15) is 17.3 Å². The molecule has 0 N–H and O–H groups in total. The number of methoxy groups -OCH3 is 2. The van der Waals surface area contributed by atoms with E-state index in [1.165, 1.54) is 4.31 Å². The number of rotatable bonds is 5. The molecule has 1 aromatic heterocycles. The van der Waals surface area contributed by atoms with Gasteiger partial charge in [0.15, 0.2) is 5.03 Å². The maximum Gasteiger partial charge on any atom is 0.263 e. The normalized spacial score (nSPS) is 18.5. The first kappa shape index (κ1) is 18.1. The third kappa shape index (κ3) is 3.23. The molecule has 3 rings (SSSR count). The van der Waals surface area contributed by atoms with Gasteiger partial charge in [-0.15, -0.1) is 11.8 Å². The molecule has 1 aliphatic rings. The molecule has 1 aromatic carbocycles. The largest absolute Gasteiger partial charge is 0.497 e. The minimum Gasteiger partial charge on any atom is -0.497 e. The Morgan fingerprint density at radius 1 is 1.28 bits per heavy atom. The van der Waals surface area contributed by atoms with Crippen LogP contribution in [0.5, 0.6) is 11.5 Å². The third-order valence-electron chi connectivity index (χ3n) is 4.21. The zero-order chi connectivity index (χ0) is 18.2. The summed E-state index contributed by atoms with van der Waals surface area (Å²) in [5, 5.41) is -0.306. The monoisotopic (exact) mass is 383 g/mol. The molecule has 2 aromatic rings. The van der Waals surface area contributed by atoms with Crippen molar-refractivity contribution in [3.8, 4) is 11.5 Å². The van der Waals surface area contributed by atoms with Crippen LogP contribution in [0.3, 0.4) is 0 Å². The van der Waals surface area contributed by atoms with Gasteiger partial charge in [-0.05, 0) is 25.1 Å². The molecule has 0 radical (unpaired) electrons. The predicted octanol–water partition coefficient (Wildman–Crippen LogP) is 2.18. The maximum atomic E-state index is 13.1. The molecule has 7 nitrogen and oxygen atoms in total. The summed E-state index contributed by atoms with van der Waals surface area (Å²) in [6.45, 7) is 2.20. The van der Waals surface area contributed by atoms with Crippen LogP contribution >= 0.6 is 11.8 Å². The Hall–Kier alpha value is -1.71. The second-order valence-corrected chi connectivity index (χ2v) is 8.71. The Morgan fingerprint density at radius 3 is 2.64 bits per heavy atom. The number of aromatic nitrogens is 2. The summed E-state index contributed by atoms with van der Waals surface area (Å²) in [6.07, 6.45) is 1.55. The van der Waals surface area contributed by atoms with Gasteiger partial charge >= 0.3 is 0 Å². The number of sulfonamides is 1. The topological polar surface area (TPSA) is 73.7 Å². The van der Waals surface area contributed by atoms with Crippen LogP contribution in [0, 0.1) is 6.92 Å². The van der Waals surface area contributed by atoms with E-state index >= 15 is 0 Å². The molecule has 1 saturated heterocycles. The van der Waals surface area contributed by atoms with Crippen molar-refractivity contribution in [3.05, 3.63) is 35.8 Å². The number of imidazole rings is 1. The van der Waals surface area contributed by atoms with Crippen LogP contribution in [0.25, 0.3) is 0 Å². The van der Waals surface area contributed by atoms with Crippen LogP contribution < -0.4 is 9.47 Å². The summed E-state index contributed by atoms with van der Waals surface area (Å²) in [4.78, 5) is 4.20. The third-order valence-corrected chi connectivity index (χ3v) is 7.32. The smallest absolute Gasteiger partial charge is 0.263 e. The van der Waals surface area contributed by atoms with Crippen LogP contribution in [-0.4, -0.2) is 48.8 Å². The Morgan fingerprint density at radius 2 is 2.04 bits per heavy atom. The van der Waals surface area contributed by atoms with E-state index in [9.17, 15) is 8.42 Å². The Labute approximate surface area is 152 Å². The van der Waals surface area contributed by atoms with Gasteiger partial charge in [-0.2, -0.15) is 4.31 Å².